The number of pyridine rings is 1. The Morgan fingerprint density at radius 3 is 3.06 bits per heavy atom. The largest absolute Gasteiger partial charge is 0.385 e. The lowest BCUT2D eigenvalue weighted by molar-refractivity contribution is 0.0823. The zero-order chi connectivity index (χ0) is 11.5. The lowest BCUT2D eigenvalue weighted by Crippen LogP contribution is -2.48. The lowest BCUT2D eigenvalue weighted by atomic mass is 10.2. The zero-order valence-corrected chi connectivity index (χ0v) is 9.31. The molecule has 86 valence electrons. The first-order chi connectivity index (χ1) is 7.66. The molecular formula is C11H16N4O. The average Bonchev–Trinajstić information content (AvgIpc) is 2.30. The van der Waals surface area contributed by atoms with Gasteiger partial charge in [0.25, 0.3) is 0 Å². The molecule has 1 aliphatic heterocycles. The van der Waals surface area contributed by atoms with Crippen molar-refractivity contribution in [3.05, 3.63) is 23.9 Å². The average molecular weight is 220 g/mol. The van der Waals surface area contributed by atoms with Crippen molar-refractivity contribution in [1.82, 2.24) is 4.98 Å². The van der Waals surface area contributed by atoms with Gasteiger partial charge in [0.2, 0.25) is 0 Å². The Balaban J connectivity index is 2.09. The number of nitrogens with one attached hydrogen (secondary N) is 1. The zero-order valence-electron chi connectivity index (χ0n) is 9.31. The summed E-state index contributed by atoms with van der Waals surface area (Å²) in [4.78, 5) is 6.45. The van der Waals surface area contributed by atoms with Crippen LogP contribution < -0.4 is 10.6 Å². The number of ether oxygens (including phenoxy) is 1. The highest BCUT2D eigenvalue weighted by molar-refractivity contribution is 5.82. The van der Waals surface area contributed by atoms with E-state index in [0.717, 1.165) is 17.9 Å². The molecule has 0 aromatic carbocycles. The number of hydrogen-bond donors (Lipinski definition) is 2. The summed E-state index contributed by atoms with van der Waals surface area (Å²) in [5.74, 6) is 0.997. The summed E-state index contributed by atoms with van der Waals surface area (Å²) in [5.41, 5.74) is 6.58. The van der Waals surface area contributed by atoms with Crippen molar-refractivity contribution in [3.63, 3.8) is 0 Å². The van der Waals surface area contributed by atoms with E-state index in [2.05, 4.69) is 9.88 Å². The van der Waals surface area contributed by atoms with Gasteiger partial charge >= 0.3 is 0 Å². The van der Waals surface area contributed by atoms with E-state index in [0.29, 0.717) is 13.2 Å². The number of amidine groups is 1. The van der Waals surface area contributed by atoms with Crippen LogP contribution in [-0.2, 0) is 4.74 Å². The normalized spacial score (nSPS) is 20.8. The number of nitrogens with zero attached hydrogens (tertiary/aromatic N) is 2. The molecule has 1 atom stereocenters. The number of aromatic nitrogens is 1. The summed E-state index contributed by atoms with van der Waals surface area (Å²) in [6.07, 6.45) is 1.53. The van der Waals surface area contributed by atoms with Gasteiger partial charge in [-0.2, -0.15) is 0 Å². The molecule has 0 aliphatic carbocycles. The fourth-order valence-electron chi connectivity index (χ4n) is 1.69. The second-order valence-electron chi connectivity index (χ2n) is 3.95. The van der Waals surface area contributed by atoms with Crippen molar-refractivity contribution in [2.45, 2.75) is 13.0 Å². The van der Waals surface area contributed by atoms with Gasteiger partial charge in [-0.1, -0.05) is 6.07 Å². The molecule has 1 aliphatic rings. The molecule has 0 bridgehead atoms. The van der Waals surface area contributed by atoms with Crippen LogP contribution in [0.5, 0.6) is 0 Å². The highest BCUT2D eigenvalue weighted by Crippen LogP contribution is 2.15. The molecule has 1 aromatic heterocycles. The van der Waals surface area contributed by atoms with Crippen LogP contribution in [-0.4, -0.2) is 36.6 Å². The number of rotatable bonds is 2. The maximum Gasteiger partial charge on any atom is 0.131 e. The Bertz CT molecular complexity index is 376. The van der Waals surface area contributed by atoms with Crippen molar-refractivity contribution in [2.24, 2.45) is 5.73 Å². The molecule has 3 N–H and O–H groups in total. The Kier molecular flexibility index (Phi) is 3.05. The van der Waals surface area contributed by atoms with Gasteiger partial charge in [0.15, 0.2) is 0 Å². The minimum absolute atomic E-state index is 0.0804. The lowest BCUT2D eigenvalue weighted by Gasteiger charge is -2.33. The first-order valence-electron chi connectivity index (χ1n) is 5.30. The van der Waals surface area contributed by atoms with E-state index in [-0.39, 0.29) is 11.9 Å². The first-order valence-corrected chi connectivity index (χ1v) is 5.30. The molecule has 1 saturated heterocycles. The summed E-state index contributed by atoms with van der Waals surface area (Å²) >= 11 is 0. The molecule has 5 nitrogen and oxygen atoms in total. The molecule has 0 saturated carbocycles. The Morgan fingerprint density at radius 1 is 1.62 bits per heavy atom. The van der Waals surface area contributed by atoms with Crippen molar-refractivity contribution < 1.29 is 4.74 Å². The molecule has 5 heteroatoms. The summed E-state index contributed by atoms with van der Waals surface area (Å²) < 4.78 is 5.40. The van der Waals surface area contributed by atoms with Crippen molar-refractivity contribution in [3.8, 4) is 0 Å². The van der Waals surface area contributed by atoms with Gasteiger partial charge in [0.05, 0.1) is 13.2 Å². The molecule has 2 rings (SSSR count). The second kappa shape index (κ2) is 4.49. The van der Waals surface area contributed by atoms with E-state index in [1.54, 1.807) is 0 Å². The van der Waals surface area contributed by atoms with Crippen molar-refractivity contribution in [1.29, 1.82) is 5.41 Å². The van der Waals surface area contributed by atoms with E-state index in [1.165, 1.54) is 0 Å². The fraction of sp³-hybridized carbons (Fsp3) is 0.455. The molecule has 16 heavy (non-hydrogen) atoms. The highest BCUT2D eigenvalue weighted by Gasteiger charge is 2.23. The van der Waals surface area contributed by atoms with Crippen LogP contribution in [0, 0.1) is 12.3 Å². The van der Waals surface area contributed by atoms with Gasteiger partial charge in [0.1, 0.15) is 17.8 Å². The summed E-state index contributed by atoms with van der Waals surface area (Å²) in [6, 6.07) is 4.01. The minimum atomic E-state index is -0.308. The van der Waals surface area contributed by atoms with Crippen LogP contribution in [0.1, 0.15) is 5.56 Å². The van der Waals surface area contributed by atoms with E-state index in [4.69, 9.17) is 15.9 Å². The van der Waals surface area contributed by atoms with E-state index in [9.17, 15) is 0 Å². The van der Waals surface area contributed by atoms with Gasteiger partial charge in [-0.25, -0.2) is 4.98 Å². The van der Waals surface area contributed by atoms with E-state index >= 15 is 0 Å². The van der Waals surface area contributed by atoms with Gasteiger partial charge < -0.3 is 15.4 Å². The standard InChI is InChI=1S/C11H16N4O/c1-8-2-3-10(14-6-8)15-4-5-16-9(7-15)11(12)13/h2-3,6,9H,4-5,7H2,1H3,(H3,12,13). The third kappa shape index (κ3) is 2.30. The number of anilines is 1. The van der Waals surface area contributed by atoms with Gasteiger partial charge in [0, 0.05) is 12.7 Å². The molecule has 0 spiro atoms. The summed E-state index contributed by atoms with van der Waals surface area (Å²) in [7, 11) is 0. The van der Waals surface area contributed by atoms with Crippen LogP contribution in [0.25, 0.3) is 0 Å². The summed E-state index contributed by atoms with van der Waals surface area (Å²) in [5, 5.41) is 7.38. The molecule has 1 fully saturated rings. The van der Waals surface area contributed by atoms with Gasteiger partial charge in [-0.05, 0) is 18.6 Å². The molecule has 2 heterocycles. The van der Waals surface area contributed by atoms with Crippen LogP contribution in [0.15, 0.2) is 18.3 Å². The predicted molar refractivity (Wildman–Crippen MR) is 62.8 cm³/mol. The molecule has 1 unspecified atom stereocenters. The van der Waals surface area contributed by atoms with Gasteiger partial charge in [-0.3, -0.25) is 5.41 Å². The first kappa shape index (κ1) is 10.9. The second-order valence-corrected chi connectivity index (χ2v) is 3.95. The monoisotopic (exact) mass is 220 g/mol. The molecule has 0 amide bonds. The maximum atomic E-state index is 7.38. The Hall–Kier alpha value is -1.62. The van der Waals surface area contributed by atoms with Crippen LogP contribution >= 0.6 is 0 Å². The van der Waals surface area contributed by atoms with E-state index < -0.39 is 0 Å². The smallest absolute Gasteiger partial charge is 0.131 e. The number of morpholine rings is 1. The number of hydrogen-bond acceptors (Lipinski definition) is 4. The SMILES string of the molecule is Cc1ccc(N2CCOC(C(=N)N)C2)nc1. The Morgan fingerprint density at radius 2 is 2.44 bits per heavy atom. The maximum absolute atomic E-state index is 7.38. The Labute approximate surface area is 94.7 Å². The van der Waals surface area contributed by atoms with Crippen molar-refractivity contribution >= 4 is 11.7 Å². The van der Waals surface area contributed by atoms with Crippen LogP contribution in [0.4, 0.5) is 5.82 Å². The third-order valence-corrected chi connectivity index (χ3v) is 2.63. The van der Waals surface area contributed by atoms with Crippen LogP contribution in [0.2, 0.25) is 0 Å². The molecule has 0 radical (unpaired) electrons. The van der Waals surface area contributed by atoms with Gasteiger partial charge in [-0.15, -0.1) is 0 Å². The molecule has 1 aromatic rings. The quantitative estimate of drug-likeness (QED) is 0.563. The van der Waals surface area contributed by atoms with Crippen molar-refractivity contribution in [2.75, 3.05) is 24.6 Å². The predicted octanol–water partition coefficient (Wildman–Crippen LogP) is 0.531. The number of nitrogens with two attached hydrogens (primary N) is 1. The van der Waals surface area contributed by atoms with E-state index in [1.807, 2.05) is 25.3 Å². The minimum Gasteiger partial charge on any atom is -0.385 e. The molecular weight excluding hydrogens is 204 g/mol. The topological polar surface area (TPSA) is 75.2 Å². The fourth-order valence-corrected chi connectivity index (χ4v) is 1.69. The summed E-state index contributed by atoms with van der Waals surface area (Å²) in [6.45, 7) is 3.99. The highest BCUT2D eigenvalue weighted by atomic mass is 16.5. The van der Waals surface area contributed by atoms with Crippen LogP contribution in [0.3, 0.4) is 0 Å². The number of aryl methyl sites for hydroxylation is 1. The third-order valence-electron chi connectivity index (χ3n) is 2.63.